The Balaban J connectivity index is 0.00000208. The summed E-state index contributed by atoms with van der Waals surface area (Å²) in [6.07, 6.45) is 3.82. The minimum absolute atomic E-state index is 0. The number of carbonyl (C=O) groups is 1. The van der Waals surface area contributed by atoms with Gasteiger partial charge in [0.2, 0.25) is 5.91 Å². The molecule has 0 aliphatic carbocycles. The first-order valence-corrected chi connectivity index (χ1v) is 7.60. The lowest BCUT2D eigenvalue weighted by atomic mass is 9.90. The third-order valence-corrected chi connectivity index (χ3v) is 3.77. The van der Waals surface area contributed by atoms with Crippen molar-refractivity contribution in [2.24, 2.45) is 7.05 Å². The Morgan fingerprint density at radius 1 is 0.833 bits per heavy atom. The van der Waals surface area contributed by atoms with Crippen LogP contribution >= 0.6 is 0 Å². The molecule has 0 saturated carbocycles. The summed E-state index contributed by atoms with van der Waals surface area (Å²) < 4.78 is 1.93. The summed E-state index contributed by atoms with van der Waals surface area (Å²) in [5.74, 6) is -0.359. The van der Waals surface area contributed by atoms with Crippen LogP contribution in [0.2, 0.25) is 0 Å². The zero-order valence-electron chi connectivity index (χ0n) is 13.4. The number of benzene rings is 2. The Labute approximate surface area is 159 Å². The van der Waals surface area contributed by atoms with E-state index in [1.165, 1.54) is 0 Å². The largest absolute Gasteiger partial charge is 1.00 e. The molecule has 0 radical (unpaired) electrons. The Bertz CT molecular complexity index is 734. The smallest absolute Gasteiger partial charge is 0.236 e. The third kappa shape index (κ3) is 4.41. The van der Waals surface area contributed by atoms with Gasteiger partial charge in [-0.2, -0.15) is 0 Å². The van der Waals surface area contributed by atoms with E-state index in [1.54, 1.807) is 0 Å². The van der Waals surface area contributed by atoms with Crippen LogP contribution in [-0.4, -0.2) is 5.91 Å². The fourth-order valence-electron chi connectivity index (χ4n) is 2.58. The summed E-state index contributed by atoms with van der Waals surface area (Å²) in [4.78, 5) is 12.9. The van der Waals surface area contributed by atoms with Crippen molar-refractivity contribution in [3.05, 3.63) is 96.3 Å². The molecular weight excluding hydrogens is 411 g/mol. The van der Waals surface area contributed by atoms with Gasteiger partial charge in [-0.25, -0.2) is 4.57 Å². The highest BCUT2D eigenvalue weighted by atomic mass is 127. The molecular formula is C20H19IN2O. The van der Waals surface area contributed by atoms with Crippen LogP contribution < -0.4 is 33.9 Å². The van der Waals surface area contributed by atoms with E-state index < -0.39 is 0 Å². The fraction of sp³-hybridized carbons (Fsp3) is 0.100. The van der Waals surface area contributed by atoms with Gasteiger partial charge in [-0.3, -0.25) is 4.79 Å². The Morgan fingerprint density at radius 3 is 1.75 bits per heavy atom. The second-order valence-corrected chi connectivity index (χ2v) is 5.50. The number of aryl methyl sites for hydroxylation is 1. The van der Waals surface area contributed by atoms with Crippen LogP contribution in [0, 0.1) is 0 Å². The van der Waals surface area contributed by atoms with E-state index in [9.17, 15) is 4.79 Å². The number of halogens is 1. The highest BCUT2D eigenvalue weighted by Crippen LogP contribution is 2.26. The molecule has 1 amide bonds. The van der Waals surface area contributed by atoms with E-state index in [2.05, 4.69) is 5.32 Å². The van der Waals surface area contributed by atoms with Crippen molar-refractivity contribution in [3.63, 3.8) is 0 Å². The van der Waals surface area contributed by atoms with Crippen LogP contribution in [0.3, 0.4) is 0 Å². The molecule has 0 bridgehead atoms. The average molecular weight is 430 g/mol. The van der Waals surface area contributed by atoms with E-state index >= 15 is 0 Å². The molecule has 0 aliphatic heterocycles. The molecule has 0 fully saturated rings. The number of pyridine rings is 1. The van der Waals surface area contributed by atoms with Gasteiger partial charge in [0.1, 0.15) is 7.05 Å². The average Bonchev–Trinajstić information content (AvgIpc) is 2.59. The predicted molar refractivity (Wildman–Crippen MR) is 91.0 cm³/mol. The van der Waals surface area contributed by atoms with Crippen molar-refractivity contribution in [3.8, 4) is 0 Å². The first-order valence-electron chi connectivity index (χ1n) is 7.60. The number of anilines is 1. The van der Waals surface area contributed by atoms with Gasteiger partial charge in [-0.1, -0.05) is 60.7 Å². The fourth-order valence-corrected chi connectivity index (χ4v) is 2.58. The summed E-state index contributed by atoms with van der Waals surface area (Å²) in [5, 5.41) is 3.01. The van der Waals surface area contributed by atoms with Crippen molar-refractivity contribution in [2.75, 3.05) is 5.32 Å². The van der Waals surface area contributed by atoms with Crippen molar-refractivity contribution < 1.29 is 33.3 Å². The normalized spacial score (nSPS) is 10.1. The molecule has 0 spiro atoms. The molecule has 1 heterocycles. The molecule has 2 aromatic carbocycles. The van der Waals surface area contributed by atoms with Crippen molar-refractivity contribution in [1.82, 2.24) is 0 Å². The van der Waals surface area contributed by atoms with E-state index in [-0.39, 0.29) is 35.8 Å². The second kappa shape index (κ2) is 8.59. The number of carbonyl (C=O) groups excluding carboxylic acids is 1. The number of rotatable bonds is 4. The molecule has 1 N–H and O–H groups in total. The number of amides is 1. The Hall–Kier alpha value is -2.21. The van der Waals surface area contributed by atoms with Crippen LogP contribution in [0.5, 0.6) is 0 Å². The molecule has 3 aromatic rings. The molecule has 0 atom stereocenters. The van der Waals surface area contributed by atoms with Crippen LogP contribution in [-0.2, 0) is 11.8 Å². The highest BCUT2D eigenvalue weighted by Gasteiger charge is 2.22. The highest BCUT2D eigenvalue weighted by molar-refractivity contribution is 5.98. The lowest BCUT2D eigenvalue weighted by Gasteiger charge is -2.17. The topological polar surface area (TPSA) is 33.0 Å². The maximum Gasteiger partial charge on any atom is 0.236 e. The first kappa shape index (κ1) is 18.1. The zero-order valence-corrected chi connectivity index (χ0v) is 15.6. The maximum atomic E-state index is 12.9. The van der Waals surface area contributed by atoms with Gasteiger partial charge in [0.05, 0.1) is 11.6 Å². The summed E-state index contributed by atoms with van der Waals surface area (Å²) in [6, 6.07) is 23.5. The van der Waals surface area contributed by atoms with Crippen LogP contribution in [0.1, 0.15) is 17.0 Å². The number of hydrogen-bond donors (Lipinski definition) is 1. The number of nitrogens with zero attached hydrogens (tertiary/aromatic N) is 1. The number of aromatic nitrogens is 1. The lowest BCUT2D eigenvalue weighted by Crippen LogP contribution is -3.00. The monoisotopic (exact) mass is 430 g/mol. The Morgan fingerprint density at radius 2 is 1.29 bits per heavy atom. The van der Waals surface area contributed by atoms with Gasteiger partial charge in [0.25, 0.3) is 0 Å². The maximum absolute atomic E-state index is 12.9. The van der Waals surface area contributed by atoms with E-state index in [4.69, 9.17) is 0 Å². The van der Waals surface area contributed by atoms with Crippen LogP contribution in [0.15, 0.2) is 85.2 Å². The summed E-state index contributed by atoms with van der Waals surface area (Å²) in [5.41, 5.74) is 2.76. The lowest BCUT2D eigenvalue weighted by molar-refractivity contribution is -0.671. The van der Waals surface area contributed by atoms with Crippen LogP contribution in [0.4, 0.5) is 5.69 Å². The Kier molecular flexibility index (Phi) is 6.49. The second-order valence-electron chi connectivity index (χ2n) is 5.50. The minimum atomic E-state index is -0.327. The van der Waals surface area contributed by atoms with E-state index in [1.807, 2.05) is 96.8 Å². The van der Waals surface area contributed by atoms with Crippen molar-refractivity contribution >= 4 is 11.6 Å². The number of hydrogen-bond acceptors (Lipinski definition) is 1. The van der Waals surface area contributed by atoms with Gasteiger partial charge in [-0.05, 0) is 11.1 Å². The summed E-state index contributed by atoms with van der Waals surface area (Å²) in [6.45, 7) is 0. The molecule has 4 heteroatoms. The van der Waals surface area contributed by atoms with Gasteiger partial charge >= 0.3 is 0 Å². The van der Waals surface area contributed by atoms with E-state index in [0.717, 1.165) is 16.8 Å². The molecule has 0 aliphatic rings. The zero-order chi connectivity index (χ0) is 16.1. The first-order chi connectivity index (χ1) is 11.2. The number of nitrogens with one attached hydrogen (secondary N) is 1. The van der Waals surface area contributed by atoms with Gasteiger partial charge in [0.15, 0.2) is 12.4 Å². The van der Waals surface area contributed by atoms with Crippen LogP contribution in [0.25, 0.3) is 0 Å². The minimum Gasteiger partial charge on any atom is -1.00 e. The van der Waals surface area contributed by atoms with E-state index in [0.29, 0.717) is 0 Å². The summed E-state index contributed by atoms with van der Waals surface area (Å²) >= 11 is 0. The molecule has 0 saturated heterocycles. The van der Waals surface area contributed by atoms with Gasteiger partial charge in [0, 0.05) is 12.1 Å². The predicted octanol–water partition coefficient (Wildman–Crippen LogP) is 0.286. The quantitative estimate of drug-likeness (QED) is 0.469. The molecule has 122 valence electrons. The molecule has 0 unspecified atom stereocenters. The van der Waals surface area contributed by atoms with Gasteiger partial charge in [-0.15, -0.1) is 0 Å². The molecule has 3 rings (SSSR count). The standard InChI is InChI=1S/C20H18N2O.HI/c1-22-14-12-18(13-15-22)21-20(23)19(16-8-4-2-5-9-16)17-10-6-3-7-11-17;/h2-15,19H,1H3;1H. The molecule has 24 heavy (non-hydrogen) atoms. The van der Waals surface area contributed by atoms with Gasteiger partial charge < -0.3 is 29.3 Å². The molecule has 3 nitrogen and oxygen atoms in total. The summed E-state index contributed by atoms with van der Waals surface area (Å²) in [7, 11) is 1.95. The van der Waals surface area contributed by atoms with Crippen molar-refractivity contribution in [2.45, 2.75) is 5.92 Å². The SMILES string of the molecule is C[n+]1ccc(NC(=O)C(c2ccccc2)c2ccccc2)cc1.[I-]. The third-order valence-electron chi connectivity index (χ3n) is 3.77. The van der Waals surface area contributed by atoms with Crippen molar-refractivity contribution in [1.29, 1.82) is 0 Å². The molecule has 1 aromatic heterocycles.